The van der Waals surface area contributed by atoms with Gasteiger partial charge in [0.25, 0.3) is 6.43 Å². The number of hydrogen-bond acceptors (Lipinski definition) is 9. The second kappa shape index (κ2) is 9.34. The van der Waals surface area contributed by atoms with Gasteiger partial charge in [0, 0.05) is 24.8 Å². The van der Waals surface area contributed by atoms with Gasteiger partial charge in [0.2, 0.25) is 5.95 Å². The van der Waals surface area contributed by atoms with Crippen molar-refractivity contribution >= 4 is 28.4 Å². The molecule has 0 unspecified atom stereocenters. The summed E-state index contributed by atoms with van der Waals surface area (Å²) in [6.07, 6.45) is -1.40. The Balaban J connectivity index is 1.23. The summed E-state index contributed by atoms with van der Waals surface area (Å²) < 4.78 is 49.2. The Bertz CT molecular complexity index is 1470. The lowest BCUT2D eigenvalue weighted by Gasteiger charge is -2.55. The minimum absolute atomic E-state index is 0.0963. The average Bonchev–Trinajstić information content (AvgIpc) is 3.44. The van der Waals surface area contributed by atoms with Crippen molar-refractivity contribution in [2.75, 3.05) is 37.4 Å². The van der Waals surface area contributed by atoms with Crippen LogP contribution in [0.15, 0.2) is 24.4 Å². The molecule has 2 fully saturated rings. The van der Waals surface area contributed by atoms with Crippen LogP contribution >= 0.6 is 0 Å². The number of piperidine rings is 1. The molecule has 2 atom stereocenters. The van der Waals surface area contributed by atoms with E-state index in [1.54, 1.807) is 28.9 Å². The minimum atomic E-state index is -2.59. The van der Waals surface area contributed by atoms with Crippen LogP contribution in [0.4, 0.5) is 24.9 Å². The number of nitrogens with two attached hydrogens (primary N) is 1. The van der Waals surface area contributed by atoms with Gasteiger partial charge in [0.1, 0.15) is 23.7 Å². The van der Waals surface area contributed by atoms with Crippen LogP contribution in [0.25, 0.3) is 27.9 Å². The molecule has 4 aromatic rings. The highest BCUT2D eigenvalue weighted by Crippen LogP contribution is 2.36. The van der Waals surface area contributed by atoms with Crippen molar-refractivity contribution in [2.24, 2.45) is 5.92 Å². The van der Waals surface area contributed by atoms with Crippen molar-refractivity contribution in [3.05, 3.63) is 24.4 Å². The van der Waals surface area contributed by atoms with Crippen molar-refractivity contribution in [1.82, 2.24) is 39.5 Å². The molecule has 0 spiro atoms. The molecule has 0 radical (unpaired) electrons. The maximum Gasteiger partial charge on any atom is 0.258 e. The highest BCUT2D eigenvalue weighted by molar-refractivity contribution is 5.88. The number of aromatic nitrogens is 7. The first-order valence-corrected chi connectivity index (χ1v) is 12.6. The van der Waals surface area contributed by atoms with Crippen LogP contribution in [-0.2, 0) is 11.3 Å². The number of ether oxygens (including phenoxy) is 1. The molecule has 2 saturated heterocycles. The van der Waals surface area contributed by atoms with Gasteiger partial charge in [-0.3, -0.25) is 4.90 Å². The van der Waals surface area contributed by atoms with Gasteiger partial charge in [0.15, 0.2) is 11.5 Å². The predicted octanol–water partition coefficient (Wildman–Crippen LogP) is 2.63. The lowest BCUT2D eigenvalue weighted by molar-refractivity contribution is -0.173. The molecule has 2 aliphatic heterocycles. The minimum Gasteiger partial charge on any atom is -0.382 e. The number of nitrogens with zero attached hydrogens (tertiary/aromatic N) is 8. The average molecular weight is 531 g/mol. The molecular weight excluding hydrogens is 501 g/mol. The quantitative estimate of drug-likeness (QED) is 0.371. The van der Waals surface area contributed by atoms with Gasteiger partial charge in [-0.25, -0.2) is 27.4 Å². The molecule has 6 rings (SSSR count). The van der Waals surface area contributed by atoms with E-state index in [2.05, 4.69) is 49.4 Å². The second-order valence-corrected chi connectivity index (χ2v) is 10.3. The molecule has 0 aliphatic carbocycles. The molecule has 38 heavy (non-hydrogen) atoms. The summed E-state index contributed by atoms with van der Waals surface area (Å²) in [5.74, 6) is 0.783. The third-order valence-electron chi connectivity index (χ3n) is 7.75. The molecule has 0 bridgehead atoms. The molecule has 4 aromatic heterocycles. The summed E-state index contributed by atoms with van der Waals surface area (Å²) in [7, 11) is 0. The van der Waals surface area contributed by atoms with Crippen molar-refractivity contribution < 1.29 is 17.9 Å². The fraction of sp³-hybridized carbons (Fsp3) is 0.542. The summed E-state index contributed by atoms with van der Waals surface area (Å²) in [4.78, 5) is 11.1. The normalized spacial score (nSPS) is 22.0. The third-order valence-corrected chi connectivity index (χ3v) is 7.75. The molecule has 0 saturated carbocycles. The van der Waals surface area contributed by atoms with Crippen LogP contribution in [0.1, 0.15) is 20.3 Å². The van der Waals surface area contributed by atoms with Crippen molar-refractivity contribution in [1.29, 1.82) is 0 Å². The number of fused-ring (bicyclic) bond motifs is 2. The fourth-order valence-corrected chi connectivity index (χ4v) is 5.41. The summed E-state index contributed by atoms with van der Waals surface area (Å²) >= 11 is 0. The van der Waals surface area contributed by atoms with E-state index in [1.165, 1.54) is 0 Å². The van der Waals surface area contributed by atoms with Gasteiger partial charge in [-0.05, 0) is 30.5 Å². The van der Waals surface area contributed by atoms with Crippen LogP contribution in [-0.4, -0.2) is 90.0 Å². The van der Waals surface area contributed by atoms with Crippen molar-refractivity contribution in [2.45, 2.75) is 51.0 Å². The van der Waals surface area contributed by atoms with Gasteiger partial charge in [-0.15, -0.1) is 10.2 Å². The van der Waals surface area contributed by atoms with Gasteiger partial charge < -0.3 is 15.8 Å². The lowest BCUT2D eigenvalue weighted by atomic mass is 9.81. The molecule has 2 aliphatic rings. The molecule has 0 aromatic carbocycles. The first-order chi connectivity index (χ1) is 18.2. The first kappa shape index (κ1) is 24.8. The zero-order valence-electron chi connectivity index (χ0n) is 21.1. The first-order valence-electron chi connectivity index (χ1n) is 12.6. The van der Waals surface area contributed by atoms with E-state index in [-0.39, 0.29) is 23.0 Å². The van der Waals surface area contributed by atoms with E-state index in [1.807, 2.05) is 0 Å². The summed E-state index contributed by atoms with van der Waals surface area (Å²) in [5, 5.41) is 15.3. The number of hydrogen-bond donors (Lipinski definition) is 2. The van der Waals surface area contributed by atoms with E-state index >= 15 is 4.39 Å². The Morgan fingerprint density at radius 2 is 2.03 bits per heavy atom. The Morgan fingerprint density at radius 3 is 2.71 bits per heavy atom. The Labute approximate surface area is 216 Å². The van der Waals surface area contributed by atoms with Gasteiger partial charge in [0.05, 0.1) is 30.5 Å². The van der Waals surface area contributed by atoms with Crippen LogP contribution in [0.3, 0.4) is 0 Å². The molecule has 0 amide bonds. The zero-order chi connectivity index (χ0) is 26.6. The molecule has 3 N–H and O–H groups in total. The number of likely N-dealkylation sites (tertiary alicyclic amines) is 1. The molecule has 14 heteroatoms. The maximum atomic E-state index is 15.3. The third kappa shape index (κ3) is 4.11. The van der Waals surface area contributed by atoms with Crippen LogP contribution in [0, 0.1) is 5.92 Å². The lowest BCUT2D eigenvalue weighted by Crippen LogP contribution is -2.68. The number of rotatable bonds is 7. The van der Waals surface area contributed by atoms with E-state index in [9.17, 15) is 8.78 Å². The number of nitrogens with one attached hydrogen (secondary N) is 1. The summed E-state index contributed by atoms with van der Waals surface area (Å²) in [6.45, 7) is 6.03. The SMILES string of the molecule is CC(C)C1(N2CC[C@H](Nc3nc(N)c4c(-c5ccc6nnn(CC(F)F)c6n5)ccn4n3)[C@H](F)C2)COC1. The maximum absolute atomic E-state index is 15.3. The molecule has 11 nitrogen and oxygen atoms in total. The molecular formula is C24H29F3N10O. The Hall–Kier alpha value is -3.52. The van der Waals surface area contributed by atoms with E-state index in [0.29, 0.717) is 54.4 Å². The standard InChI is InChI=1S/C24H29F3N10O/c1-13(2)24(11-38-12-24)35-7-6-17(15(25)9-35)30-23-31-21(28)20-14(5-8-36(20)33-23)16-3-4-18-22(29-16)37(34-32-18)10-19(26)27/h3-5,8,13,15,17,19H,6-7,9-12H2,1-2H3,(H3,28,30,31,33)/t15-,17+/m1/s1. The predicted molar refractivity (Wildman–Crippen MR) is 135 cm³/mol. The Morgan fingerprint density at radius 1 is 1.21 bits per heavy atom. The van der Waals surface area contributed by atoms with Crippen molar-refractivity contribution in [3.63, 3.8) is 0 Å². The second-order valence-electron chi connectivity index (χ2n) is 10.3. The van der Waals surface area contributed by atoms with Crippen molar-refractivity contribution in [3.8, 4) is 11.3 Å². The molecule has 202 valence electrons. The van der Waals surface area contributed by atoms with Gasteiger partial charge >= 0.3 is 0 Å². The van der Waals surface area contributed by atoms with Crippen LogP contribution < -0.4 is 11.1 Å². The number of nitrogen functional groups attached to an aromatic ring is 1. The summed E-state index contributed by atoms with van der Waals surface area (Å²) in [5.41, 5.74) is 8.49. The number of halogens is 3. The highest BCUT2D eigenvalue weighted by atomic mass is 19.3. The highest BCUT2D eigenvalue weighted by Gasteiger charge is 2.49. The summed E-state index contributed by atoms with van der Waals surface area (Å²) in [6, 6.07) is 4.69. The topological polar surface area (TPSA) is 124 Å². The smallest absolute Gasteiger partial charge is 0.258 e. The van der Waals surface area contributed by atoms with E-state index < -0.39 is 25.2 Å². The van der Waals surface area contributed by atoms with Crippen LogP contribution in [0.5, 0.6) is 0 Å². The Kier molecular flexibility index (Phi) is 6.10. The number of alkyl halides is 3. The monoisotopic (exact) mass is 530 g/mol. The fourth-order valence-electron chi connectivity index (χ4n) is 5.41. The van der Waals surface area contributed by atoms with E-state index in [4.69, 9.17) is 10.5 Å². The number of anilines is 2. The van der Waals surface area contributed by atoms with Crippen LogP contribution in [0.2, 0.25) is 0 Å². The van der Waals surface area contributed by atoms with Gasteiger partial charge in [-0.2, -0.15) is 4.98 Å². The number of pyridine rings is 1. The largest absolute Gasteiger partial charge is 0.382 e. The molecule has 6 heterocycles. The zero-order valence-corrected chi connectivity index (χ0v) is 21.1. The van der Waals surface area contributed by atoms with E-state index in [0.717, 1.165) is 11.2 Å². The van der Waals surface area contributed by atoms with Gasteiger partial charge in [-0.1, -0.05) is 19.1 Å².